The van der Waals surface area contributed by atoms with Crippen LogP contribution in [0.15, 0.2) is 22.6 Å². The molecule has 5 heteroatoms. The van der Waals surface area contributed by atoms with Crippen LogP contribution in [-0.2, 0) is 6.42 Å². The molecule has 0 unspecified atom stereocenters. The summed E-state index contributed by atoms with van der Waals surface area (Å²) in [6, 6.07) is 4.22. The molecule has 0 bridgehead atoms. The summed E-state index contributed by atoms with van der Waals surface area (Å²) in [5.41, 5.74) is 1.61. The van der Waals surface area contributed by atoms with Gasteiger partial charge in [-0.25, -0.2) is 14.2 Å². The second-order valence-corrected chi connectivity index (χ2v) is 3.91. The van der Waals surface area contributed by atoms with E-state index >= 15 is 0 Å². The van der Waals surface area contributed by atoms with Crippen LogP contribution in [0.25, 0.3) is 11.5 Å². The third-order valence-corrected chi connectivity index (χ3v) is 2.66. The fourth-order valence-electron chi connectivity index (χ4n) is 1.70. The van der Waals surface area contributed by atoms with E-state index in [9.17, 15) is 9.18 Å². The van der Waals surface area contributed by atoms with Gasteiger partial charge in [-0.3, -0.25) is 0 Å². The Balaban J connectivity index is 2.57. The van der Waals surface area contributed by atoms with E-state index in [0.29, 0.717) is 17.7 Å². The molecule has 0 saturated carbocycles. The highest BCUT2D eigenvalue weighted by molar-refractivity contribution is 5.86. The number of aromatic nitrogens is 1. The van der Waals surface area contributed by atoms with Gasteiger partial charge in [0.05, 0.1) is 5.69 Å². The van der Waals surface area contributed by atoms with Gasteiger partial charge < -0.3 is 9.52 Å². The van der Waals surface area contributed by atoms with E-state index in [2.05, 4.69) is 4.98 Å². The summed E-state index contributed by atoms with van der Waals surface area (Å²) < 4.78 is 18.4. The number of oxazole rings is 1. The van der Waals surface area contributed by atoms with Crippen LogP contribution in [0.5, 0.6) is 0 Å². The Kier molecular flexibility index (Phi) is 3.14. The number of nitrogens with zero attached hydrogens (tertiary/aromatic N) is 1. The molecular weight excluding hydrogens is 237 g/mol. The van der Waals surface area contributed by atoms with Gasteiger partial charge in [0.25, 0.3) is 0 Å². The smallest absolute Gasteiger partial charge is 0.373 e. The second-order valence-electron chi connectivity index (χ2n) is 3.91. The largest absolute Gasteiger partial charge is 0.475 e. The molecule has 0 spiro atoms. The van der Waals surface area contributed by atoms with Crippen LogP contribution in [-0.4, -0.2) is 16.1 Å². The average molecular weight is 249 g/mol. The summed E-state index contributed by atoms with van der Waals surface area (Å²) in [6.07, 6.45) is 0.444. The summed E-state index contributed by atoms with van der Waals surface area (Å²) in [7, 11) is 0. The van der Waals surface area contributed by atoms with Crippen molar-refractivity contribution in [2.75, 3.05) is 0 Å². The van der Waals surface area contributed by atoms with E-state index in [1.165, 1.54) is 12.1 Å². The van der Waals surface area contributed by atoms with Crippen molar-refractivity contribution in [1.82, 2.24) is 4.98 Å². The molecule has 1 aromatic carbocycles. The number of carbonyl (C=O) groups is 1. The van der Waals surface area contributed by atoms with E-state index in [-0.39, 0.29) is 11.7 Å². The third-order valence-electron chi connectivity index (χ3n) is 2.66. The maximum atomic E-state index is 13.2. The lowest BCUT2D eigenvalue weighted by Gasteiger charge is -2.00. The number of halogens is 1. The summed E-state index contributed by atoms with van der Waals surface area (Å²) in [6.45, 7) is 3.57. The topological polar surface area (TPSA) is 63.3 Å². The molecule has 0 saturated heterocycles. The Morgan fingerprint density at radius 1 is 1.50 bits per heavy atom. The monoisotopic (exact) mass is 249 g/mol. The molecule has 2 aromatic rings. The molecule has 4 nitrogen and oxygen atoms in total. The van der Waals surface area contributed by atoms with Crippen LogP contribution < -0.4 is 0 Å². The Labute approximate surface area is 103 Å². The van der Waals surface area contributed by atoms with Gasteiger partial charge in [-0.15, -0.1) is 0 Å². The number of carboxylic acid groups (broad SMARTS) is 1. The fourth-order valence-corrected chi connectivity index (χ4v) is 1.70. The Morgan fingerprint density at radius 3 is 2.78 bits per heavy atom. The minimum absolute atomic E-state index is 0.140. The molecule has 1 N–H and O–H groups in total. The van der Waals surface area contributed by atoms with Crippen LogP contribution in [0.2, 0.25) is 0 Å². The van der Waals surface area contributed by atoms with Crippen LogP contribution in [0.3, 0.4) is 0 Å². The summed E-state index contributed by atoms with van der Waals surface area (Å²) in [5.74, 6) is -1.62. The number of rotatable bonds is 3. The van der Waals surface area contributed by atoms with Crippen molar-refractivity contribution in [2.45, 2.75) is 20.3 Å². The number of aromatic carboxylic acids is 1. The Morgan fingerprint density at radius 2 is 2.22 bits per heavy atom. The first-order valence-electron chi connectivity index (χ1n) is 5.52. The van der Waals surface area contributed by atoms with Crippen molar-refractivity contribution in [1.29, 1.82) is 0 Å². The zero-order chi connectivity index (χ0) is 13.3. The summed E-state index contributed by atoms with van der Waals surface area (Å²) in [5, 5.41) is 8.97. The Bertz CT molecular complexity index is 604. The van der Waals surface area contributed by atoms with Crippen LogP contribution in [0.4, 0.5) is 4.39 Å². The van der Waals surface area contributed by atoms with Crippen LogP contribution >= 0.6 is 0 Å². The molecule has 0 fully saturated rings. The van der Waals surface area contributed by atoms with Gasteiger partial charge in [0.15, 0.2) is 0 Å². The van der Waals surface area contributed by atoms with Gasteiger partial charge in [0, 0.05) is 5.56 Å². The first kappa shape index (κ1) is 12.3. The van der Waals surface area contributed by atoms with Crippen LogP contribution in [0.1, 0.15) is 28.7 Å². The molecule has 0 aliphatic heterocycles. The molecule has 1 heterocycles. The molecule has 1 aromatic heterocycles. The van der Waals surface area contributed by atoms with Crippen molar-refractivity contribution in [2.24, 2.45) is 0 Å². The quantitative estimate of drug-likeness (QED) is 0.908. The highest BCUT2D eigenvalue weighted by Crippen LogP contribution is 2.26. The number of aryl methyl sites for hydroxylation is 2. The van der Waals surface area contributed by atoms with E-state index in [4.69, 9.17) is 9.52 Å². The Hall–Kier alpha value is -2.17. The second kappa shape index (κ2) is 4.60. The van der Waals surface area contributed by atoms with E-state index < -0.39 is 11.8 Å². The van der Waals surface area contributed by atoms with Crippen molar-refractivity contribution < 1.29 is 18.7 Å². The molecule has 0 radical (unpaired) electrons. The number of hydrogen-bond acceptors (Lipinski definition) is 3. The highest BCUT2D eigenvalue weighted by atomic mass is 19.1. The maximum Gasteiger partial charge on any atom is 0.373 e. The minimum atomic E-state index is -1.17. The lowest BCUT2D eigenvalue weighted by Crippen LogP contribution is -1.98. The predicted molar refractivity (Wildman–Crippen MR) is 63.0 cm³/mol. The molecule has 18 heavy (non-hydrogen) atoms. The molecule has 0 aliphatic rings. The summed E-state index contributed by atoms with van der Waals surface area (Å²) in [4.78, 5) is 15.1. The van der Waals surface area contributed by atoms with Crippen molar-refractivity contribution in [3.8, 4) is 11.5 Å². The molecule has 2 rings (SSSR count). The SMILES string of the molecule is CCc1nc(-c2cc(F)ccc2C)oc1C(=O)O. The first-order valence-corrected chi connectivity index (χ1v) is 5.52. The molecule has 0 aliphatic carbocycles. The zero-order valence-electron chi connectivity index (χ0n) is 10.0. The first-order chi connectivity index (χ1) is 8.52. The fraction of sp³-hybridized carbons (Fsp3) is 0.231. The van der Waals surface area contributed by atoms with Gasteiger partial charge >= 0.3 is 5.97 Å². The van der Waals surface area contributed by atoms with Crippen LogP contribution in [0, 0.1) is 12.7 Å². The standard InChI is InChI=1S/C13H12FNO3/c1-3-10-11(13(16)17)18-12(15-10)9-6-8(14)5-4-7(9)2/h4-6H,3H2,1-2H3,(H,16,17). The number of carboxylic acids is 1. The van der Waals surface area contributed by atoms with Gasteiger partial charge in [0.1, 0.15) is 5.82 Å². The highest BCUT2D eigenvalue weighted by Gasteiger charge is 2.20. The lowest BCUT2D eigenvalue weighted by molar-refractivity contribution is 0.0662. The maximum absolute atomic E-state index is 13.2. The molecular formula is C13H12FNO3. The van der Waals surface area contributed by atoms with Gasteiger partial charge in [0.2, 0.25) is 11.7 Å². The van der Waals surface area contributed by atoms with Gasteiger partial charge in [-0.1, -0.05) is 13.0 Å². The van der Waals surface area contributed by atoms with E-state index in [1.54, 1.807) is 19.9 Å². The van der Waals surface area contributed by atoms with Crippen molar-refractivity contribution >= 4 is 5.97 Å². The predicted octanol–water partition coefficient (Wildman–Crippen LogP) is 3.05. The minimum Gasteiger partial charge on any atom is -0.475 e. The van der Waals surface area contributed by atoms with E-state index in [1.807, 2.05) is 0 Å². The van der Waals surface area contributed by atoms with Crippen molar-refractivity contribution in [3.05, 3.63) is 41.0 Å². The number of benzene rings is 1. The lowest BCUT2D eigenvalue weighted by atomic mass is 10.1. The average Bonchev–Trinajstić information content (AvgIpc) is 2.76. The number of hydrogen-bond donors (Lipinski definition) is 1. The molecule has 94 valence electrons. The van der Waals surface area contributed by atoms with Gasteiger partial charge in [-0.2, -0.15) is 0 Å². The normalized spacial score (nSPS) is 10.6. The zero-order valence-corrected chi connectivity index (χ0v) is 10.0. The van der Waals surface area contributed by atoms with Crippen molar-refractivity contribution in [3.63, 3.8) is 0 Å². The van der Waals surface area contributed by atoms with E-state index in [0.717, 1.165) is 5.56 Å². The molecule has 0 atom stereocenters. The third kappa shape index (κ3) is 2.11. The van der Waals surface area contributed by atoms with Gasteiger partial charge in [-0.05, 0) is 31.0 Å². The summed E-state index contributed by atoms with van der Waals surface area (Å²) >= 11 is 0. The molecule has 0 amide bonds.